The number of nitrogens with one attached hydrogen (secondary N) is 1. The lowest BCUT2D eigenvalue weighted by Crippen LogP contribution is -2.70. The van der Waals surface area contributed by atoms with Crippen LogP contribution in [0.15, 0.2) is 67.0 Å². The van der Waals surface area contributed by atoms with Crippen LogP contribution in [0.2, 0.25) is 0 Å². The first-order valence-corrected chi connectivity index (χ1v) is 11.9. The molecule has 3 heterocycles. The van der Waals surface area contributed by atoms with Crippen LogP contribution in [0, 0.1) is 12.8 Å². The number of anilines is 2. The molecule has 1 unspecified atom stereocenters. The summed E-state index contributed by atoms with van der Waals surface area (Å²) in [6.45, 7) is 3.82. The molecule has 36 heavy (non-hydrogen) atoms. The van der Waals surface area contributed by atoms with Gasteiger partial charge in [0, 0.05) is 30.8 Å². The molecule has 3 aromatic rings. The van der Waals surface area contributed by atoms with E-state index < -0.39 is 23.9 Å². The maximum Gasteiger partial charge on any atom is 0.325 e. The van der Waals surface area contributed by atoms with E-state index in [4.69, 9.17) is 5.73 Å². The van der Waals surface area contributed by atoms with E-state index in [9.17, 15) is 14.4 Å². The zero-order valence-electron chi connectivity index (χ0n) is 20.6. The van der Waals surface area contributed by atoms with Crippen molar-refractivity contribution in [1.29, 1.82) is 0 Å². The van der Waals surface area contributed by atoms with Crippen molar-refractivity contribution in [3.05, 3.63) is 83.8 Å². The van der Waals surface area contributed by atoms with Gasteiger partial charge in [0.2, 0.25) is 5.91 Å². The number of amides is 4. The molecule has 4 rings (SSSR count). The third kappa shape index (κ3) is 5.05. The van der Waals surface area contributed by atoms with Gasteiger partial charge in [-0.05, 0) is 61.2 Å². The SMILES string of the molecule is CCC(NC(=O)N1C(=O)[C@H](Cc2ccnc(N)c2)[C@H]1C(=O)N(C)c1ccccc1)c1ccc(C)nc1. The number of hydrogen-bond donors (Lipinski definition) is 2. The first kappa shape index (κ1) is 24.8. The molecule has 1 aliphatic rings. The molecule has 1 aliphatic heterocycles. The lowest BCUT2D eigenvalue weighted by atomic mass is 9.81. The second kappa shape index (κ2) is 10.6. The van der Waals surface area contributed by atoms with E-state index in [1.807, 2.05) is 44.2 Å². The van der Waals surface area contributed by atoms with E-state index in [0.717, 1.165) is 21.7 Å². The number of likely N-dealkylation sites (N-methyl/N-ethyl adjacent to an activating group) is 1. The summed E-state index contributed by atoms with van der Waals surface area (Å²) >= 11 is 0. The van der Waals surface area contributed by atoms with Crippen molar-refractivity contribution >= 4 is 29.4 Å². The first-order valence-electron chi connectivity index (χ1n) is 11.9. The van der Waals surface area contributed by atoms with E-state index in [2.05, 4.69) is 15.3 Å². The van der Waals surface area contributed by atoms with Gasteiger partial charge in [-0.3, -0.25) is 19.5 Å². The Kier molecular flexibility index (Phi) is 7.28. The van der Waals surface area contributed by atoms with Gasteiger partial charge in [-0.15, -0.1) is 0 Å². The van der Waals surface area contributed by atoms with Crippen LogP contribution in [0.1, 0.15) is 36.2 Å². The normalized spacial score (nSPS) is 17.8. The molecule has 3 atom stereocenters. The molecule has 1 saturated heterocycles. The van der Waals surface area contributed by atoms with Crippen LogP contribution in [0.25, 0.3) is 0 Å². The molecule has 0 radical (unpaired) electrons. The number of nitrogen functional groups attached to an aromatic ring is 1. The molecule has 9 nitrogen and oxygen atoms in total. The molecule has 0 spiro atoms. The number of aromatic nitrogens is 2. The minimum absolute atomic E-state index is 0.271. The summed E-state index contributed by atoms with van der Waals surface area (Å²) in [6, 6.07) is 14.4. The van der Waals surface area contributed by atoms with E-state index in [0.29, 0.717) is 17.9 Å². The lowest BCUT2D eigenvalue weighted by molar-refractivity contribution is -0.156. The van der Waals surface area contributed by atoms with Gasteiger partial charge in [0.05, 0.1) is 12.0 Å². The molecular weight excluding hydrogens is 456 g/mol. The summed E-state index contributed by atoms with van der Waals surface area (Å²) < 4.78 is 0. The Hall–Kier alpha value is -4.27. The summed E-state index contributed by atoms with van der Waals surface area (Å²) in [7, 11) is 1.64. The lowest BCUT2D eigenvalue weighted by Gasteiger charge is -2.46. The second-order valence-electron chi connectivity index (χ2n) is 8.93. The Labute approximate surface area is 210 Å². The maximum atomic E-state index is 13.6. The third-order valence-electron chi connectivity index (χ3n) is 6.50. The van der Waals surface area contributed by atoms with Crippen LogP contribution in [0.4, 0.5) is 16.3 Å². The molecular formula is C27H30N6O3. The molecule has 1 fully saturated rings. The van der Waals surface area contributed by atoms with Crippen LogP contribution in [0.5, 0.6) is 0 Å². The van der Waals surface area contributed by atoms with Crippen LogP contribution >= 0.6 is 0 Å². The largest absolute Gasteiger partial charge is 0.384 e. The molecule has 3 N–H and O–H groups in total. The zero-order valence-corrected chi connectivity index (χ0v) is 20.6. The van der Waals surface area contributed by atoms with Gasteiger partial charge in [0.25, 0.3) is 5.91 Å². The van der Waals surface area contributed by atoms with Crippen molar-refractivity contribution in [2.75, 3.05) is 17.7 Å². The average Bonchev–Trinajstić information content (AvgIpc) is 2.89. The smallest absolute Gasteiger partial charge is 0.325 e. The minimum Gasteiger partial charge on any atom is -0.384 e. The van der Waals surface area contributed by atoms with E-state index >= 15 is 0 Å². The van der Waals surface area contributed by atoms with Crippen molar-refractivity contribution < 1.29 is 14.4 Å². The molecule has 0 aliphatic carbocycles. The number of β-lactam (4-membered cyclic amide) rings is 1. The number of urea groups is 1. The Morgan fingerprint density at radius 3 is 2.53 bits per heavy atom. The molecule has 0 saturated carbocycles. The Balaban J connectivity index is 1.59. The standard InChI is InChI=1S/C27H30N6O3/c1-4-22(19-11-10-17(2)30-16-19)31-27(36)33-24(26(35)32(3)20-8-6-5-7-9-20)21(25(33)34)14-18-12-13-29-23(28)15-18/h5-13,15-16,21-22,24H,4,14H2,1-3H3,(H2,28,29)(H,31,36)/t21-,22?,24+/m1/s1. The summed E-state index contributed by atoms with van der Waals surface area (Å²) in [6.07, 6.45) is 4.14. The molecule has 0 bridgehead atoms. The number of rotatable bonds is 7. The van der Waals surface area contributed by atoms with Gasteiger partial charge in [-0.2, -0.15) is 0 Å². The molecule has 2 aromatic heterocycles. The fourth-order valence-electron chi connectivity index (χ4n) is 4.43. The number of nitrogens with two attached hydrogens (primary N) is 1. The number of benzene rings is 1. The van der Waals surface area contributed by atoms with E-state index in [1.54, 1.807) is 43.7 Å². The Morgan fingerprint density at radius 2 is 1.89 bits per heavy atom. The van der Waals surface area contributed by atoms with E-state index in [1.165, 1.54) is 4.90 Å². The maximum absolute atomic E-state index is 13.6. The van der Waals surface area contributed by atoms with Gasteiger partial charge in [-0.25, -0.2) is 9.78 Å². The van der Waals surface area contributed by atoms with Crippen LogP contribution in [-0.2, 0) is 16.0 Å². The van der Waals surface area contributed by atoms with E-state index in [-0.39, 0.29) is 18.4 Å². The van der Waals surface area contributed by atoms with Gasteiger partial charge < -0.3 is 16.0 Å². The summed E-state index contributed by atoms with van der Waals surface area (Å²) in [5.41, 5.74) is 8.95. The number of aryl methyl sites for hydroxylation is 1. The van der Waals surface area contributed by atoms with Crippen molar-refractivity contribution in [3.8, 4) is 0 Å². The number of carbonyl (C=O) groups is 3. The monoisotopic (exact) mass is 486 g/mol. The number of imide groups is 1. The highest BCUT2D eigenvalue weighted by molar-refractivity contribution is 6.12. The topological polar surface area (TPSA) is 122 Å². The fourth-order valence-corrected chi connectivity index (χ4v) is 4.43. The average molecular weight is 487 g/mol. The number of para-hydroxylation sites is 1. The summed E-state index contributed by atoms with van der Waals surface area (Å²) in [5.74, 6) is -1.11. The van der Waals surface area contributed by atoms with Crippen LogP contribution < -0.4 is 16.0 Å². The van der Waals surface area contributed by atoms with Crippen LogP contribution in [-0.4, -0.2) is 45.8 Å². The van der Waals surface area contributed by atoms with Crippen molar-refractivity contribution in [3.63, 3.8) is 0 Å². The highest BCUT2D eigenvalue weighted by atomic mass is 16.2. The van der Waals surface area contributed by atoms with Gasteiger partial charge in [-0.1, -0.05) is 31.2 Å². The second-order valence-corrected chi connectivity index (χ2v) is 8.93. The number of hydrogen-bond acceptors (Lipinski definition) is 6. The predicted octanol–water partition coefficient (Wildman–Crippen LogP) is 3.26. The van der Waals surface area contributed by atoms with Gasteiger partial charge in [0.1, 0.15) is 11.9 Å². The highest BCUT2D eigenvalue weighted by Crippen LogP contribution is 2.33. The number of likely N-dealkylation sites (tertiary alicyclic amines) is 1. The molecule has 9 heteroatoms. The quantitative estimate of drug-likeness (QED) is 0.495. The molecule has 4 amide bonds. The predicted molar refractivity (Wildman–Crippen MR) is 137 cm³/mol. The van der Waals surface area contributed by atoms with Crippen molar-refractivity contribution in [2.24, 2.45) is 5.92 Å². The summed E-state index contributed by atoms with van der Waals surface area (Å²) in [4.78, 5) is 51.0. The number of pyridine rings is 2. The van der Waals surface area contributed by atoms with Gasteiger partial charge in [0.15, 0.2) is 0 Å². The zero-order chi connectivity index (χ0) is 25.8. The first-order chi connectivity index (χ1) is 17.3. The van der Waals surface area contributed by atoms with Crippen molar-refractivity contribution in [2.45, 2.75) is 38.8 Å². The molecule has 186 valence electrons. The van der Waals surface area contributed by atoms with Gasteiger partial charge >= 0.3 is 6.03 Å². The number of nitrogens with zero attached hydrogens (tertiary/aromatic N) is 4. The molecule has 1 aromatic carbocycles. The third-order valence-corrected chi connectivity index (χ3v) is 6.50. The van der Waals surface area contributed by atoms with Crippen LogP contribution in [0.3, 0.4) is 0 Å². The summed E-state index contributed by atoms with van der Waals surface area (Å²) in [5, 5.41) is 2.92. The number of carbonyl (C=O) groups excluding carboxylic acids is 3. The highest BCUT2D eigenvalue weighted by Gasteiger charge is 2.55. The minimum atomic E-state index is -0.953. The van der Waals surface area contributed by atoms with Crippen molar-refractivity contribution in [1.82, 2.24) is 20.2 Å². The fraction of sp³-hybridized carbons (Fsp3) is 0.296. The Morgan fingerprint density at radius 1 is 1.14 bits per heavy atom. The Bertz CT molecular complexity index is 1250.